The summed E-state index contributed by atoms with van der Waals surface area (Å²) in [5, 5.41) is 6.28. The molecule has 0 radical (unpaired) electrons. The lowest BCUT2D eigenvalue weighted by Gasteiger charge is -2.11. The minimum Gasteiger partial charge on any atom is -0.373 e. The Balaban J connectivity index is 1.72. The number of rotatable bonds is 6. The average Bonchev–Trinajstić information content (AvgIpc) is 2.82. The second kappa shape index (κ2) is 6.69. The highest BCUT2D eigenvalue weighted by atomic mass is 32.2. The molecule has 18 heavy (non-hydrogen) atoms. The van der Waals surface area contributed by atoms with E-state index in [1.807, 2.05) is 30.0 Å². The van der Waals surface area contributed by atoms with Crippen molar-refractivity contribution in [2.24, 2.45) is 0 Å². The van der Waals surface area contributed by atoms with Gasteiger partial charge in [0, 0.05) is 18.7 Å². The van der Waals surface area contributed by atoms with Crippen molar-refractivity contribution in [1.29, 1.82) is 0 Å². The Kier molecular flexibility index (Phi) is 4.93. The van der Waals surface area contributed by atoms with Gasteiger partial charge in [0.25, 0.3) is 0 Å². The number of carbonyl (C=O) groups is 1. The van der Waals surface area contributed by atoms with Crippen molar-refractivity contribution in [3.05, 3.63) is 29.8 Å². The molecule has 1 aliphatic heterocycles. The van der Waals surface area contributed by atoms with Crippen molar-refractivity contribution < 1.29 is 4.79 Å². The van der Waals surface area contributed by atoms with Gasteiger partial charge in [0.1, 0.15) is 6.04 Å². The summed E-state index contributed by atoms with van der Waals surface area (Å²) in [5.41, 5.74) is 2.33. The zero-order valence-corrected chi connectivity index (χ0v) is 11.6. The van der Waals surface area contributed by atoms with Gasteiger partial charge in [-0.1, -0.05) is 18.2 Å². The van der Waals surface area contributed by atoms with Crippen molar-refractivity contribution in [2.45, 2.75) is 25.3 Å². The number of carbonyl (C=O) groups excluding carboxylic acids is 1. The van der Waals surface area contributed by atoms with E-state index < -0.39 is 0 Å². The molecule has 0 fully saturated rings. The molecule has 1 amide bonds. The number of hydrogen-bond acceptors (Lipinski definition) is 3. The molecular formula is C14H20N2OS. The first kappa shape index (κ1) is 13.3. The molecule has 0 saturated carbocycles. The molecule has 4 heteroatoms. The number of thioether (sulfide) groups is 1. The maximum Gasteiger partial charge on any atom is 0.242 e. The Morgan fingerprint density at radius 2 is 2.28 bits per heavy atom. The van der Waals surface area contributed by atoms with E-state index in [1.165, 1.54) is 17.7 Å². The molecule has 1 atom stereocenters. The number of nitrogens with one attached hydrogen (secondary N) is 2. The van der Waals surface area contributed by atoms with Crippen molar-refractivity contribution >= 4 is 23.4 Å². The standard InChI is InChI=1S/C14H20N2OS/c1-18-9-5-4-8-15-14(17)13-10-11-6-2-3-7-12(11)16-13/h2-3,6-7,13,16H,4-5,8-10H2,1H3,(H,15,17). The smallest absolute Gasteiger partial charge is 0.242 e. The van der Waals surface area contributed by atoms with Gasteiger partial charge >= 0.3 is 0 Å². The summed E-state index contributed by atoms with van der Waals surface area (Å²) in [7, 11) is 0. The molecule has 1 aromatic rings. The highest BCUT2D eigenvalue weighted by Gasteiger charge is 2.25. The minimum absolute atomic E-state index is 0.0945. The molecule has 1 aliphatic rings. The fourth-order valence-electron chi connectivity index (χ4n) is 2.16. The largest absolute Gasteiger partial charge is 0.373 e. The van der Waals surface area contributed by atoms with Gasteiger partial charge in [0.15, 0.2) is 0 Å². The van der Waals surface area contributed by atoms with Crippen LogP contribution in [0.4, 0.5) is 5.69 Å². The second-order valence-electron chi connectivity index (χ2n) is 4.55. The van der Waals surface area contributed by atoms with E-state index in [0.29, 0.717) is 0 Å². The quantitative estimate of drug-likeness (QED) is 0.775. The van der Waals surface area contributed by atoms with Crippen LogP contribution in [0.25, 0.3) is 0 Å². The van der Waals surface area contributed by atoms with E-state index in [9.17, 15) is 4.79 Å². The Labute approximate surface area is 113 Å². The molecule has 0 bridgehead atoms. The molecule has 1 heterocycles. The number of para-hydroxylation sites is 1. The van der Waals surface area contributed by atoms with E-state index in [4.69, 9.17) is 0 Å². The van der Waals surface area contributed by atoms with E-state index in [0.717, 1.165) is 25.1 Å². The molecule has 2 N–H and O–H groups in total. The minimum atomic E-state index is -0.0945. The predicted octanol–water partition coefficient (Wildman–Crippen LogP) is 2.28. The van der Waals surface area contributed by atoms with Crippen LogP contribution in [-0.2, 0) is 11.2 Å². The van der Waals surface area contributed by atoms with Crippen LogP contribution in [0.5, 0.6) is 0 Å². The molecule has 0 aromatic heterocycles. The Morgan fingerprint density at radius 3 is 3.06 bits per heavy atom. The maximum absolute atomic E-state index is 12.0. The Morgan fingerprint density at radius 1 is 1.44 bits per heavy atom. The van der Waals surface area contributed by atoms with Gasteiger partial charge in [0.2, 0.25) is 5.91 Å². The van der Waals surface area contributed by atoms with Crippen molar-refractivity contribution in [1.82, 2.24) is 5.32 Å². The summed E-state index contributed by atoms with van der Waals surface area (Å²) in [6.45, 7) is 0.786. The maximum atomic E-state index is 12.0. The van der Waals surface area contributed by atoms with Crippen molar-refractivity contribution in [3.8, 4) is 0 Å². The van der Waals surface area contributed by atoms with Gasteiger partial charge in [-0.2, -0.15) is 11.8 Å². The van der Waals surface area contributed by atoms with Crippen LogP contribution < -0.4 is 10.6 Å². The average molecular weight is 264 g/mol. The first-order chi connectivity index (χ1) is 8.81. The topological polar surface area (TPSA) is 41.1 Å². The molecule has 1 aromatic carbocycles. The van der Waals surface area contributed by atoms with Crippen molar-refractivity contribution in [3.63, 3.8) is 0 Å². The summed E-state index contributed by atoms with van der Waals surface area (Å²) in [6.07, 6.45) is 5.14. The fraction of sp³-hybridized carbons (Fsp3) is 0.500. The number of amides is 1. The molecular weight excluding hydrogens is 244 g/mol. The van der Waals surface area contributed by atoms with Gasteiger partial charge in [-0.3, -0.25) is 4.79 Å². The summed E-state index contributed by atoms with van der Waals surface area (Å²) in [5.74, 6) is 1.29. The zero-order chi connectivity index (χ0) is 12.8. The molecule has 2 rings (SSSR count). The monoisotopic (exact) mass is 264 g/mol. The third-order valence-corrected chi connectivity index (χ3v) is 3.86. The van der Waals surface area contributed by atoms with Crippen LogP contribution in [0.15, 0.2) is 24.3 Å². The summed E-state index contributed by atoms with van der Waals surface area (Å²) < 4.78 is 0. The lowest BCUT2D eigenvalue weighted by molar-refractivity contribution is -0.121. The normalized spacial score (nSPS) is 17.1. The highest BCUT2D eigenvalue weighted by molar-refractivity contribution is 7.98. The van der Waals surface area contributed by atoms with Gasteiger partial charge in [-0.15, -0.1) is 0 Å². The van der Waals surface area contributed by atoms with Crippen LogP contribution >= 0.6 is 11.8 Å². The number of fused-ring (bicyclic) bond motifs is 1. The van der Waals surface area contributed by atoms with Crippen LogP contribution in [0.2, 0.25) is 0 Å². The highest BCUT2D eigenvalue weighted by Crippen LogP contribution is 2.24. The summed E-state index contributed by atoms with van der Waals surface area (Å²) in [4.78, 5) is 12.0. The first-order valence-corrected chi connectivity index (χ1v) is 7.81. The van der Waals surface area contributed by atoms with Crippen LogP contribution in [0.3, 0.4) is 0 Å². The molecule has 1 unspecified atom stereocenters. The third kappa shape index (κ3) is 3.42. The number of unbranched alkanes of at least 4 members (excludes halogenated alkanes) is 1. The van der Waals surface area contributed by atoms with E-state index >= 15 is 0 Å². The van der Waals surface area contributed by atoms with E-state index in [2.05, 4.69) is 23.0 Å². The number of hydrogen-bond donors (Lipinski definition) is 2. The van der Waals surface area contributed by atoms with E-state index in [-0.39, 0.29) is 11.9 Å². The number of benzene rings is 1. The van der Waals surface area contributed by atoms with Gasteiger partial charge in [-0.05, 0) is 36.5 Å². The summed E-state index contributed by atoms with van der Waals surface area (Å²) in [6, 6.07) is 8.02. The Bertz CT molecular complexity index is 384. The second-order valence-corrected chi connectivity index (χ2v) is 5.53. The zero-order valence-electron chi connectivity index (χ0n) is 10.7. The Hall–Kier alpha value is -1.16. The molecule has 0 aliphatic carbocycles. The lowest BCUT2D eigenvalue weighted by Crippen LogP contribution is -2.38. The van der Waals surface area contributed by atoms with Crippen LogP contribution in [-0.4, -0.2) is 30.5 Å². The lowest BCUT2D eigenvalue weighted by atomic mass is 10.1. The van der Waals surface area contributed by atoms with Crippen LogP contribution in [0.1, 0.15) is 18.4 Å². The van der Waals surface area contributed by atoms with Gasteiger partial charge in [-0.25, -0.2) is 0 Å². The third-order valence-electron chi connectivity index (χ3n) is 3.16. The molecule has 0 spiro atoms. The van der Waals surface area contributed by atoms with Gasteiger partial charge in [0.05, 0.1) is 0 Å². The van der Waals surface area contributed by atoms with Gasteiger partial charge < -0.3 is 10.6 Å². The first-order valence-electron chi connectivity index (χ1n) is 6.42. The van der Waals surface area contributed by atoms with Crippen molar-refractivity contribution in [2.75, 3.05) is 23.9 Å². The van der Waals surface area contributed by atoms with E-state index in [1.54, 1.807) is 0 Å². The molecule has 0 saturated heterocycles. The summed E-state index contributed by atoms with van der Waals surface area (Å²) >= 11 is 1.85. The fourth-order valence-corrected chi connectivity index (χ4v) is 2.65. The number of anilines is 1. The predicted molar refractivity (Wildman–Crippen MR) is 78.2 cm³/mol. The van der Waals surface area contributed by atoms with Crippen LogP contribution in [0, 0.1) is 0 Å². The molecule has 3 nitrogen and oxygen atoms in total. The molecule has 98 valence electrons. The SMILES string of the molecule is CSCCCCNC(=O)C1Cc2ccccc2N1.